The number of rotatable bonds is 6. The Morgan fingerprint density at radius 3 is 2.55 bits per heavy atom. The molecule has 260 valence electrons. The molecule has 1 aromatic heterocycles. The van der Waals surface area contributed by atoms with Crippen molar-refractivity contribution in [1.82, 2.24) is 19.7 Å². The van der Waals surface area contributed by atoms with Crippen LogP contribution < -0.4 is 4.90 Å². The molecule has 3 aromatic rings. The lowest BCUT2D eigenvalue weighted by Crippen LogP contribution is -2.63. The number of amides is 3. The van der Waals surface area contributed by atoms with Gasteiger partial charge in [0.25, 0.3) is 5.91 Å². The fourth-order valence-corrected chi connectivity index (χ4v) is 7.07. The van der Waals surface area contributed by atoms with Gasteiger partial charge in [0.05, 0.1) is 24.5 Å². The van der Waals surface area contributed by atoms with Crippen LogP contribution in [-0.4, -0.2) is 93.1 Å². The van der Waals surface area contributed by atoms with Crippen LogP contribution in [0.15, 0.2) is 48.7 Å². The van der Waals surface area contributed by atoms with Crippen LogP contribution in [0.2, 0.25) is 0 Å². The van der Waals surface area contributed by atoms with Gasteiger partial charge in [0.2, 0.25) is 5.91 Å². The van der Waals surface area contributed by atoms with Crippen molar-refractivity contribution in [2.24, 2.45) is 0 Å². The Morgan fingerprint density at radius 1 is 1.10 bits per heavy atom. The largest absolute Gasteiger partial charge is 0.508 e. The van der Waals surface area contributed by atoms with Crippen molar-refractivity contribution in [3.63, 3.8) is 0 Å². The topological polar surface area (TPSA) is 107 Å². The quantitative estimate of drug-likeness (QED) is 0.381. The summed E-state index contributed by atoms with van der Waals surface area (Å²) >= 11 is 0. The monoisotopic (exact) mass is 675 g/mol. The highest BCUT2D eigenvalue weighted by molar-refractivity contribution is 5.99. The second-order valence-electron chi connectivity index (χ2n) is 15.0. The summed E-state index contributed by atoms with van der Waals surface area (Å²) in [7, 11) is 0. The van der Waals surface area contributed by atoms with Crippen LogP contribution in [0.3, 0.4) is 0 Å². The number of phenols is 1. The number of hydrogen-bond donors (Lipinski definition) is 1. The zero-order chi connectivity index (χ0) is 35.4. The maximum atomic E-state index is 14.5. The van der Waals surface area contributed by atoms with Gasteiger partial charge in [0.15, 0.2) is 0 Å². The SMILES string of the molecule is C[C@@H]1CN(CC(=O)N2CC(C)(C)c3ncc(Cc4ccc(F)cc4F)cc32)[C@@H](CN2Cc3c(O)cccc3C2=O)CN1C(=O)OC(C)(C)C. The van der Waals surface area contributed by atoms with Crippen molar-refractivity contribution < 1.29 is 33.0 Å². The average Bonchev–Trinajstić information content (AvgIpc) is 3.47. The van der Waals surface area contributed by atoms with E-state index in [-0.39, 0.29) is 56.2 Å². The Kier molecular flexibility index (Phi) is 8.89. The van der Waals surface area contributed by atoms with E-state index in [1.54, 1.807) is 59.9 Å². The predicted octanol–water partition coefficient (Wildman–Crippen LogP) is 5.25. The number of carbonyl (C=O) groups is 3. The second-order valence-corrected chi connectivity index (χ2v) is 15.0. The van der Waals surface area contributed by atoms with E-state index in [0.29, 0.717) is 41.0 Å². The van der Waals surface area contributed by atoms with E-state index in [2.05, 4.69) is 0 Å². The number of anilines is 1. The minimum absolute atomic E-state index is 0.0176. The molecule has 6 rings (SSSR count). The summed E-state index contributed by atoms with van der Waals surface area (Å²) in [5.74, 6) is -1.63. The normalized spacial score (nSPS) is 20.4. The van der Waals surface area contributed by atoms with Gasteiger partial charge in [-0.3, -0.25) is 19.5 Å². The maximum absolute atomic E-state index is 14.5. The molecule has 0 aliphatic carbocycles. The van der Waals surface area contributed by atoms with E-state index in [1.165, 1.54) is 12.1 Å². The number of ether oxygens (including phenoxy) is 1. The van der Waals surface area contributed by atoms with E-state index >= 15 is 0 Å². The summed E-state index contributed by atoms with van der Waals surface area (Å²) in [6, 6.07) is 9.52. The van der Waals surface area contributed by atoms with E-state index in [4.69, 9.17) is 9.72 Å². The Bertz CT molecular complexity index is 1810. The number of pyridine rings is 1. The van der Waals surface area contributed by atoms with Crippen LogP contribution in [0.1, 0.15) is 74.3 Å². The highest BCUT2D eigenvalue weighted by Crippen LogP contribution is 2.40. The smallest absolute Gasteiger partial charge is 0.410 e. The first-order valence-corrected chi connectivity index (χ1v) is 16.6. The molecule has 2 atom stereocenters. The van der Waals surface area contributed by atoms with E-state index in [0.717, 1.165) is 11.8 Å². The van der Waals surface area contributed by atoms with E-state index < -0.39 is 34.8 Å². The molecule has 1 fully saturated rings. The molecule has 12 heteroatoms. The number of carbonyl (C=O) groups excluding carboxylic acids is 3. The molecule has 3 aliphatic rings. The fourth-order valence-electron chi connectivity index (χ4n) is 7.07. The second kappa shape index (κ2) is 12.7. The first-order valence-electron chi connectivity index (χ1n) is 16.6. The van der Waals surface area contributed by atoms with Crippen molar-refractivity contribution in [2.75, 3.05) is 37.6 Å². The molecule has 1 N–H and O–H groups in total. The predicted molar refractivity (Wildman–Crippen MR) is 179 cm³/mol. The van der Waals surface area contributed by atoms with Crippen molar-refractivity contribution in [3.05, 3.63) is 88.2 Å². The van der Waals surface area contributed by atoms with Crippen molar-refractivity contribution >= 4 is 23.6 Å². The standard InChI is InChI=1S/C37H43F2N5O5/c1-22-16-41(26(18-43(22)35(48)49-36(2,3)4)17-42-19-28-27(34(42)47)8-7-9-31(28)45)20-32(46)44-21-37(5,6)33-30(44)13-23(15-40-33)12-24-10-11-25(38)14-29(24)39/h7-11,13-15,22,26,45H,12,16-21H2,1-6H3/t22-,26+/m1/s1. The highest BCUT2D eigenvalue weighted by Gasteiger charge is 2.43. The molecule has 0 bridgehead atoms. The molecule has 4 heterocycles. The molecule has 1 saturated heterocycles. The van der Waals surface area contributed by atoms with E-state index in [1.807, 2.05) is 31.7 Å². The Hall–Kier alpha value is -4.58. The molecular weight excluding hydrogens is 632 g/mol. The number of hydrogen-bond acceptors (Lipinski definition) is 7. The zero-order valence-corrected chi connectivity index (χ0v) is 28.8. The van der Waals surface area contributed by atoms with Gasteiger partial charge in [-0.1, -0.05) is 26.0 Å². The van der Waals surface area contributed by atoms with Gasteiger partial charge in [-0.2, -0.15) is 0 Å². The van der Waals surface area contributed by atoms with Crippen molar-refractivity contribution in [2.45, 2.75) is 77.6 Å². The summed E-state index contributed by atoms with van der Waals surface area (Å²) in [5, 5.41) is 10.4. The van der Waals surface area contributed by atoms with Crippen molar-refractivity contribution in [3.8, 4) is 5.75 Å². The zero-order valence-electron chi connectivity index (χ0n) is 28.8. The number of aromatic hydroxyl groups is 1. The minimum atomic E-state index is -0.700. The van der Waals surface area contributed by atoms with Crippen molar-refractivity contribution in [1.29, 1.82) is 0 Å². The van der Waals surface area contributed by atoms with Crippen LogP contribution in [0, 0.1) is 11.6 Å². The molecular formula is C37H43F2N5O5. The maximum Gasteiger partial charge on any atom is 0.410 e. The molecule has 0 spiro atoms. The Morgan fingerprint density at radius 2 is 1.86 bits per heavy atom. The van der Waals surface area contributed by atoms with Gasteiger partial charge >= 0.3 is 6.09 Å². The van der Waals surface area contributed by atoms with Crippen LogP contribution in [0.4, 0.5) is 19.3 Å². The first-order chi connectivity index (χ1) is 23.0. The molecule has 0 saturated carbocycles. The average molecular weight is 676 g/mol. The lowest BCUT2D eigenvalue weighted by Gasteiger charge is -2.46. The molecule has 49 heavy (non-hydrogen) atoms. The van der Waals surface area contributed by atoms with Gasteiger partial charge in [0, 0.05) is 73.5 Å². The molecule has 2 aromatic carbocycles. The number of piperazine rings is 1. The van der Waals surface area contributed by atoms with Crippen LogP contribution >= 0.6 is 0 Å². The van der Waals surface area contributed by atoms with Crippen LogP contribution in [0.5, 0.6) is 5.75 Å². The number of nitrogens with zero attached hydrogens (tertiary/aromatic N) is 5. The first kappa shape index (κ1) is 34.3. The van der Waals surface area contributed by atoms with Crippen LogP contribution in [0.25, 0.3) is 0 Å². The summed E-state index contributed by atoms with van der Waals surface area (Å²) in [6.07, 6.45) is 1.40. The van der Waals surface area contributed by atoms with Gasteiger partial charge in [-0.25, -0.2) is 13.6 Å². The molecule has 0 radical (unpaired) electrons. The van der Waals surface area contributed by atoms with E-state index in [9.17, 15) is 28.3 Å². The number of phenolic OH excluding ortho intramolecular Hbond substituents is 1. The lowest BCUT2D eigenvalue weighted by atomic mass is 9.91. The Labute approximate surface area is 285 Å². The lowest BCUT2D eigenvalue weighted by molar-refractivity contribution is -0.121. The number of aromatic nitrogens is 1. The number of halogens is 2. The van der Waals surface area contributed by atoms with Crippen LogP contribution in [-0.2, 0) is 27.9 Å². The third kappa shape index (κ3) is 6.96. The summed E-state index contributed by atoms with van der Waals surface area (Å²) < 4.78 is 33.7. The summed E-state index contributed by atoms with van der Waals surface area (Å²) in [4.78, 5) is 52.7. The van der Waals surface area contributed by atoms with Gasteiger partial charge in [-0.15, -0.1) is 0 Å². The third-order valence-corrected chi connectivity index (χ3v) is 9.49. The third-order valence-electron chi connectivity index (χ3n) is 9.49. The molecule has 0 unspecified atom stereocenters. The molecule has 3 aliphatic heterocycles. The Balaban J connectivity index is 1.25. The highest BCUT2D eigenvalue weighted by atomic mass is 19.1. The van der Waals surface area contributed by atoms with Gasteiger partial charge in [0.1, 0.15) is 23.0 Å². The van der Waals surface area contributed by atoms with Gasteiger partial charge in [-0.05, 0) is 63.1 Å². The molecule has 3 amide bonds. The number of benzene rings is 2. The summed E-state index contributed by atoms with van der Waals surface area (Å²) in [5.41, 5.74) is 2.27. The number of fused-ring (bicyclic) bond motifs is 2. The molecule has 10 nitrogen and oxygen atoms in total. The van der Waals surface area contributed by atoms with Gasteiger partial charge < -0.3 is 24.5 Å². The minimum Gasteiger partial charge on any atom is -0.508 e. The summed E-state index contributed by atoms with van der Waals surface area (Å²) in [6.45, 7) is 12.8. The fraction of sp³-hybridized carbons (Fsp3) is 0.459.